The maximum Gasteiger partial charge on any atom is 0.170 e. The van der Waals surface area contributed by atoms with Crippen molar-refractivity contribution < 1.29 is 9.94 Å². The summed E-state index contributed by atoms with van der Waals surface area (Å²) in [5, 5.41) is 12.2. The first-order valence-corrected chi connectivity index (χ1v) is 5.87. The summed E-state index contributed by atoms with van der Waals surface area (Å²) in [4.78, 5) is 3.92. The number of hydrogen-bond donors (Lipinski definition) is 2. The number of nitrogens with zero attached hydrogens (tertiary/aromatic N) is 2. The van der Waals surface area contributed by atoms with Crippen LogP contribution in [0.25, 0.3) is 0 Å². The Balaban J connectivity index is 2.16. The van der Waals surface area contributed by atoms with Crippen LogP contribution in [0, 0.1) is 0 Å². The molecule has 0 bridgehead atoms. The lowest BCUT2D eigenvalue weighted by molar-refractivity contribution is 0.304. The van der Waals surface area contributed by atoms with Crippen molar-refractivity contribution in [2.75, 3.05) is 0 Å². The van der Waals surface area contributed by atoms with Crippen molar-refractivity contribution >= 4 is 17.4 Å². The van der Waals surface area contributed by atoms with Gasteiger partial charge in [0.25, 0.3) is 0 Å². The maximum absolute atomic E-state index is 8.73. The molecule has 5 nitrogen and oxygen atoms in total. The molecule has 0 fully saturated rings. The van der Waals surface area contributed by atoms with Crippen molar-refractivity contribution in [3.8, 4) is 5.75 Å². The molecule has 1 aromatic carbocycles. The molecular formula is C13H12ClN3O2. The molecule has 2 rings (SSSR count). The number of oxime groups is 1. The molecule has 3 N–H and O–H groups in total. The normalized spacial score (nSPS) is 11.3. The van der Waals surface area contributed by atoms with E-state index in [1.165, 1.54) is 6.20 Å². The van der Waals surface area contributed by atoms with Crippen LogP contribution in [0.2, 0.25) is 5.02 Å². The molecule has 1 heterocycles. The summed E-state index contributed by atoms with van der Waals surface area (Å²) < 4.78 is 5.57. The maximum atomic E-state index is 8.73. The molecule has 1 aromatic heterocycles. The Morgan fingerprint density at radius 2 is 2.16 bits per heavy atom. The number of nitrogens with two attached hydrogens (primary N) is 1. The van der Waals surface area contributed by atoms with Crippen molar-refractivity contribution in [2.45, 2.75) is 6.61 Å². The van der Waals surface area contributed by atoms with E-state index >= 15 is 0 Å². The first-order valence-electron chi connectivity index (χ1n) is 5.50. The summed E-state index contributed by atoms with van der Waals surface area (Å²) in [5.74, 6) is 0.602. The van der Waals surface area contributed by atoms with Gasteiger partial charge in [0.1, 0.15) is 12.4 Å². The van der Waals surface area contributed by atoms with Crippen molar-refractivity contribution in [3.63, 3.8) is 0 Å². The van der Waals surface area contributed by atoms with E-state index in [9.17, 15) is 0 Å². The fourth-order valence-electron chi connectivity index (χ4n) is 1.58. The Hall–Kier alpha value is -2.27. The number of benzene rings is 1. The first-order chi connectivity index (χ1) is 9.20. The Bertz CT molecular complexity index is 602. The summed E-state index contributed by atoms with van der Waals surface area (Å²) in [6.07, 6.45) is 3.09. The second-order valence-electron chi connectivity index (χ2n) is 3.77. The summed E-state index contributed by atoms with van der Waals surface area (Å²) in [6.45, 7) is 0.272. The molecule has 2 aromatic rings. The van der Waals surface area contributed by atoms with Gasteiger partial charge in [0, 0.05) is 23.4 Å². The summed E-state index contributed by atoms with van der Waals surface area (Å²) in [5.41, 5.74) is 7.03. The van der Waals surface area contributed by atoms with Gasteiger partial charge in [-0.05, 0) is 0 Å². The Kier molecular flexibility index (Phi) is 4.20. The minimum Gasteiger partial charge on any atom is -0.487 e. The first kappa shape index (κ1) is 13.2. The van der Waals surface area contributed by atoms with E-state index in [-0.39, 0.29) is 12.4 Å². The summed E-state index contributed by atoms with van der Waals surface area (Å²) in [7, 11) is 0. The summed E-state index contributed by atoms with van der Waals surface area (Å²) >= 11 is 5.82. The van der Waals surface area contributed by atoms with E-state index in [4.69, 9.17) is 27.3 Å². The second-order valence-corrected chi connectivity index (χ2v) is 4.21. The Morgan fingerprint density at radius 1 is 1.37 bits per heavy atom. The third-order valence-corrected chi connectivity index (χ3v) is 2.68. The van der Waals surface area contributed by atoms with Gasteiger partial charge in [-0.25, -0.2) is 0 Å². The largest absolute Gasteiger partial charge is 0.487 e. The molecule has 0 aliphatic rings. The zero-order valence-corrected chi connectivity index (χ0v) is 10.7. The topological polar surface area (TPSA) is 80.7 Å². The monoisotopic (exact) mass is 277 g/mol. The van der Waals surface area contributed by atoms with Crippen molar-refractivity contribution in [1.82, 2.24) is 4.98 Å². The molecule has 0 aliphatic carbocycles. The lowest BCUT2D eigenvalue weighted by atomic mass is 10.1. The number of aromatic nitrogens is 1. The fourth-order valence-corrected chi connectivity index (χ4v) is 1.75. The van der Waals surface area contributed by atoms with E-state index in [0.717, 1.165) is 5.56 Å². The van der Waals surface area contributed by atoms with Gasteiger partial charge in [-0.15, -0.1) is 0 Å². The zero-order valence-electron chi connectivity index (χ0n) is 9.95. The van der Waals surface area contributed by atoms with Crippen LogP contribution in [0.3, 0.4) is 0 Å². The molecular weight excluding hydrogens is 266 g/mol. The van der Waals surface area contributed by atoms with Crippen LogP contribution in [-0.4, -0.2) is 16.0 Å². The van der Waals surface area contributed by atoms with Crippen LogP contribution < -0.4 is 10.5 Å². The van der Waals surface area contributed by atoms with Gasteiger partial charge in [-0.1, -0.05) is 41.0 Å². The zero-order chi connectivity index (χ0) is 13.7. The highest BCUT2D eigenvalue weighted by atomic mass is 35.5. The average molecular weight is 278 g/mol. The van der Waals surface area contributed by atoms with Crippen molar-refractivity contribution in [1.29, 1.82) is 0 Å². The van der Waals surface area contributed by atoms with Crippen LogP contribution in [0.15, 0.2) is 47.9 Å². The van der Waals surface area contributed by atoms with Gasteiger partial charge in [-0.2, -0.15) is 0 Å². The third-order valence-electron chi connectivity index (χ3n) is 2.48. The Morgan fingerprint density at radius 3 is 2.89 bits per heavy atom. The van der Waals surface area contributed by atoms with E-state index in [1.54, 1.807) is 24.4 Å². The molecule has 98 valence electrons. The molecule has 0 spiro atoms. The lowest BCUT2D eigenvalue weighted by Crippen LogP contribution is -2.16. The van der Waals surface area contributed by atoms with E-state index in [2.05, 4.69) is 10.1 Å². The number of rotatable bonds is 4. The predicted molar refractivity (Wildman–Crippen MR) is 72.5 cm³/mol. The van der Waals surface area contributed by atoms with Crippen LogP contribution in [0.5, 0.6) is 5.75 Å². The second kappa shape index (κ2) is 6.06. The van der Waals surface area contributed by atoms with Crippen LogP contribution in [0.4, 0.5) is 0 Å². The smallest absolute Gasteiger partial charge is 0.170 e. The molecule has 19 heavy (non-hydrogen) atoms. The highest BCUT2D eigenvalue weighted by molar-refractivity contribution is 6.30. The van der Waals surface area contributed by atoms with Crippen molar-refractivity contribution in [3.05, 3.63) is 58.9 Å². The molecule has 0 atom stereocenters. The number of halogens is 1. The van der Waals surface area contributed by atoms with Gasteiger partial charge >= 0.3 is 0 Å². The van der Waals surface area contributed by atoms with Gasteiger partial charge in [0.05, 0.1) is 11.2 Å². The molecule has 0 unspecified atom stereocenters. The highest BCUT2D eigenvalue weighted by Gasteiger charge is 2.07. The molecule has 0 saturated carbocycles. The quantitative estimate of drug-likeness (QED) is 0.389. The highest BCUT2D eigenvalue weighted by Crippen LogP contribution is 2.17. The van der Waals surface area contributed by atoms with E-state index in [1.807, 2.05) is 12.1 Å². The number of amidine groups is 1. The molecule has 6 heteroatoms. The van der Waals surface area contributed by atoms with Gasteiger partial charge in [-0.3, -0.25) is 4.98 Å². The third kappa shape index (κ3) is 3.35. The predicted octanol–water partition coefficient (Wildman–Crippen LogP) is 2.41. The minimum atomic E-state index is 0.0448. The van der Waals surface area contributed by atoms with Gasteiger partial charge in [0.15, 0.2) is 5.84 Å². The fraction of sp³-hybridized carbons (Fsp3) is 0.0769. The summed E-state index contributed by atoms with van der Waals surface area (Å²) in [6, 6.07) is 8.91. The van der Waals surface area contributed by atoms with Gasteiger partial charge < -0.3 is 15.7 Å². The van der Waals surface area contributed by atoms with Crippen LogP contribution in [0.1, 0.15) is 11.1 Å². The van der Waals surface area contributed by atoms with Crippen LogP contribution >= 0.6 is 11.6 Å². The minimum absolute atomic E-state index is 0.0448. The molecule has 0 radical (unpaired) electrons. The SMILES string of the molecule is NC(=NO)c1ccccc1COc1cncc(Cl)c1. The van der Waals surface area contributed by atoms with Gasteiger partial charge in [0.2, 0.25) is 0 Å². The Labute approximate surface area is 115 Å². The number of pyridine rings is 1. The van der Waals surface area contributed by atoms with E-state index in [0.29, 0.717) is 16.3 Å². The van der Waals surface area contributed by atoms with Crippen molar-refractivity contribution in [2.24, 2.45) is 10.9 Å². The van der Waals surface area contributed by atoms with E-state index < -0.39 is 0 Å². The van der Waals surface area contributed by atoms with Crippen LogP contribution in [-0.2, 0) is 6.61 Å². The lowest BCUT2D eigenvalue weighted by Gasteiger charge is -2.10. The number of ether oxygens (including phenoxy) is 1. The molecule has 0 amide bonds. The number of hydrogen-bond acceptors (Lipinski definition) is 4. The molecule has 0 saturated heterocycles. The molecule has 0 aliphatic heterocycles. The average Bonchev–Trinajstić information content (AvgIpc) is 2.45. The standard InChI is InChI=1S/C13H12ClN3O2/c14-10-5-11(7-16-6-10)19-8-9-3-1-2-4-12(9)13(15)17-18/h1-7,18H,8H2,(H2,15,17).